The molecule has 0 saturated heterocycles. The Hall–Kier alpha value is -4.12. The zero-order valence-corrected chi connectivity index (χ0v) is 49.4. The van der Waals surface area contributed by atoms with Gasteiger partial charge < -0.3 is 36.5 Å². The van der Waals surface area contributed by atoms with Gasteiger partial charge >= 0.3 is 58.4 Å². The summed E-state index contributed by atoms with van der Waals surface area (Å²) in [7, 11) is 3.32. The average Bonchev–Trinajstić information content (AvgIpc) is 4.33. The standard InChI is InChI=1S/C15H17N3O.C14H14BF3N3O.2C5H6N2O.C4H4N2O.2CH3Br.CH3I.K/c1-10-8-17-11(2)18-15(10)19-9-12-7-13(12)14-5-3-4-6-16-14;1-9-20-7-12(15(16,17)18)14(21-9)22-8-10-6-11(10)13-4-2-3-5-19-13;2*1-7-4-6-3-2-5(7)8;7-4-1-2-5-3-6-4;3*1-2;/h3-6,8,12-13H,7,9H2,1-2H3;2-5,7,10-11H,6,8H2,1H3;2*2-4H,1H3;1-3H,(H,5,6,7);3*1H3;/q;-1;;;;;;;+1/t12-,13+;10-,11+;;;;;;;/m11......./s1. The quantitative estimate of drug-likeness (QED) is 0.120. The van der Waals surface area contributed by atoms with E-state index >= 15 is 0 Å². The molecule has 0 spiro atoms. The number of nitrogens with one attached hydrogen (secondary N) is 1. The number of pyridine rings is 2. The van der Waals surface area contributed by atoms with Crippen molar-refractivity contribution in [3.05, 3.63) is 177 Å². The molecule has 0 unspecified atom stereocenters. The van der Waals surface area contributed by atoms with Crippen LogP contribution >= 0.6 is 54.5 Å². The molecule has 71 heavy (non-hydrogen) atoms. The first-order valence-corrected chi connectivity index (χ1v) is 26.5. The molecule has 2 aliphatic rings. The number of aromatic nitrogens is 12. The van der Waals surface area contributed by atoms with Gasteiger partial charge in [-0.1, -0.05) is 66.6 Å². The normalized spacial score (nSPS) is 15.2. The minimum absolute atomic E-state index is 0. The van der Waals surface area contributed by atoms with E-state index in [0.717, 1.165) is 36.1 Å². The minimum atomic E-state index is -5.18. The maximum absolute atomic E-state index is 13.0. The number of rotatable bonds is 9. The second kappa shape index (κ2) is 35.9. The van der Waals surface area contributed by atoms with Crippen LogP contribution in [0.5, 0.6) is 11.8 Å². The van der Waals surface area contributed by atoms with E-state index in [4.69, 9.17) is 9.47 Å². The summed E-state index contributed by atoms with van der Waals surface area (Å²) in [5.41, 5.74) is 2.07. The van der Waals surface area contributed by atoms with Crippen molar-refractivity contribution in [1.82, 2.24) is 59.0 Å². The van der Waals surface area contributed by atoms with E-state index in [0.29, 0.717) is 24.3 Å². The topological polar surface area (TPSA) is 211 Å². The zero-order chi connectivity index (χ0) is 52.1. The maximum Gasteiger partial charge on any atom is 1.00 e. The van der Waals surface area contributed by atoms with Crippen LogP contribution in [0.1, 0.15) is 53.3 Å². The average molecular weight is 1250 g/mol. The van der Waals surface area contributed by atoms with Gasteiger partial charge in [-0.3, -0.25) is 24.4 Å². The number of halogens is 6. The number of ether oxygens (including phenoxy) is 2. The molecule has 9 rings (SSSR count). The fraction of sp³-hybridized carbons (Fsp3) is 0.348. The Labute approximate surface area is 484 Å². The van der Waals surface area contributed by atoms with Crippen LogP contribution in [0.25, 0.3) is 0 Å². The Morgan fingerprint density at radius 1 is 0.648 bits per heavy atom. The molecular weight excluding hydrogens is 1190 g/mol. The van der Waals surface area contributed by atoms with Crippen LogP contribution < -0.4 is 83.0 Å². The summed E-state index contributed by atoms with van der Waals surface area (Å²) in [5, 5.41) is 0. The number of aromatic amines is 1. The predicted octanol–water partition coefficient (Wildman–Crippen LogP) is 4.50. The second-order valence-electron chi connectivity index (χ2n) is 14.7. The van der Waals surface area contributed by atoms with Crippen LogP contribution in [0, 0.1) is 32.6 Å². The Morgan fingerprint density at radius 3 is 1.46 bits per heavy atom. The molecular formula is C46H56BBr2F3IKN12O5. The molecule has 7 aromatic heterocycles. The molecule has 1 N–H and O–H groups in total. The van der Waals surface area contributed by atoms with Gasteiger partial charge in [0.05, 0.1) is 32.2 Å². The van der Waals surface area contributed by atoms with Gasteiger partial charge in [0.2, 0.25) is 5.88 Å². The zero-order valence-electron chi connectivity index (χ0n) is 40.9. The van der Waals surface area contributed by atoms with Crippen molar-refractivity contribution in [1.29, 1.82) is 0 Å². The number of H-pyrrole nitrogens is 1. The first kappa shape index (κ1) is 64.9. The summed E-state index contributed by atoms with van der Waals surface area (Å²) >= 11 is 8.02. The molecule has 2 saturated carbocycles. The van der Waals surface area contributed by atoms with Gasteiger partial charge in [-0.2, -0.15) is 4.98 Å². The third kappa shape index (κ3) is 24.9. The Balaban J connectivity index is 0.000000462. The molecule has 4 atom stereocenters. The molecule has 0 bridgehead atoms. The van der Waals surface area contributed by atoms with Gasteiger partial charge in [0, 0.05) is 116 Å². The summed E-state index contributed by atoms with van der Waals surface area (Å²) in [5.74, 6) is 6.51. The molecule has 2 aliphatic carbocycles. The number of hydrogen-bond donors (Lipinski definition) is 1. The third-order valence-corrected chi connectivity index (χ3v) is 9.52. The first-order chi connectivity index (χ1) is 33.7. The van der Waals surface area contributed by atoms with E-state index in [-0.39, 0.29) is 98.2 Å². The van der Waals surface area contributed by atoms with E-state index < -0.39 is 12.4 Å². The molecule has 0 radical (unpaired) electrons. The van der Waals surface area contributed by atoms with Crippen molar-refractivity contribution in [3.63, 3.8) is 0 Å². The van der Waals surface area contributed by atoms with Crippen molar-refractivity contribution in [2.45, 2.75) is 45.4 Å². The maximum atomic E-state index is 13.0. The van der Waals surface area contributed by atoms with Gasteiger partial charge in [-0.05, 0) is 79.9 Å². The van der Waals surface area contributed by atoms with Crippen LogP contribution in [-0.2, 0) is 14.1 Å². The van der Waals surface area contributed by atoms with Crippen molar-refractivity contribution >= 4 is 66.9 Å². The van der Waals surface area contributed by atoms with Crippen LogP contribution in [0.4, 0.5) is 12.9 Å². The van der Waals surface area contributed by atoms with Crippen LogP contribution in [-0.4, -0.2) is 95.8 Å². The molecule has 7 heterocycles. The Kier molecular flexibility index (Phi) is 32.8. The van der Waals surface area contributed by atoms with E-state index in [1.54, 1.807) is 26.5 Å². The van der Waals surface area contributed by atoms with Crippen molar-refractivity contribution in [3.8, 4) is 11.8 Å². The molecule has 0 aromatic carbocycles. The van der Waals surface area contributed by atoms with E-state index in [1.807, 2.05) is 67.0 Å². The van der Waals surface area contributed by atoms with Crippen molar-refractivity contribution in [2.24, 2.45) is 25.9 Å². The monoisotopic (exact) mass is 1250 g/mol. The molecule has 376 valence electrons. The van der Waals surface area contributed by atoms with E-state index in [2.05, 4.69) is 110 Å². The van der Waals surface area contributed by atoms with Gasteiger partial charge in [0.1, 0.15) is 11.6 Å². The summed E-state index contributed by atoms with van der Waals surface area (Å²) in [4.78, 5) is 71.1. The molecule has 17 nitrogen and oxygen atoms in total. The smallest absolute Gasteiger partial charge is 0.479 e. The molecule has 0 amide bonds. The van der Waals surface area contributed by atoms with Gasteiger partial charge in [0.25, 0.3) is 16.7 Å². The molecule has 7 aromatic rings. The largest absolute Gasteiger partial charge is 1.00 e. The fourth-order valence-corrected chi connectivity index (χ4v) is 5.75. The van der Waals surface area contributed by atoms with Gasteiger partial charge in [-0.15, -0.1) is 0 Å². The molecule has 25 heteroatoms. The van der Waals surface area contributed by atoms with Crippen LogP contribution in [0.2, 0.25) is 0 Å². The minimum Gasteiger partial charge on any atom is -0.479 e. The van der Waals surface area contributed by atoms with E-state index in [1.165, 1.54) is 77.5 Å². The molecule has 0 aliphatic heterocycles. The second-order valence-corrected chi connectivity index (χ2v) is 14.7. The fourth-order valence-electron chi connectivity index (χ4n) is 5.75. The Bertz CT molecular complexity index is 2670. The molecule has 2 fully saturated rings. The van der Waals surface area contributed by atoms with Gasteiger partial charge in [-0.25, -0.2) is 29.9 Å². The summed E-state index contributed by atoms with van der Waals surface area (Å²) in [6.07, 6.45) is 16.9. The summed E-state index contributed by atoms with van der Waals surface area (Å²) in [6.45, 7) is 1.11. The van der Waals surface area contributed by atoms with Crippen molar-refractivity contribution < 1.29 is 73.8 Å². The Morgan fingerprint density at radius 2 is 1.10 bits per heavy atom. The SMILES string of the molecule is CBr.CBr.CI.Cc1ncc(C)c(OC[C@H]2C[C@@H]2c2ccccn2)n1.Cc1ncc([B-](F)(F)F)c(OC[C@H]2C[C@@H]2c2ccccn2)n1.Cn1cnccc1=O.Cn1cnccc1=O.O=c1ccnc[nH]1.[K+]. The van der Waals surface area contributed by atoms with Crippen molar-refractivity contribution in [2.75, 3.05) is 29.8 Å². The summed E-state index contributed by atoms with van der Waals surface area (Å²) < 4.78 is 52.8. The van der Waals surface area contributed by atoms with E-state index in [9.17, 15) is 27.3 Å². The van der Waals surface area contributed by atoms with Gasteiger partial charge in [0.15, 0.2) is 5.88 Å². The number of aryl methyl sites for hydroxylation is 5. The predicted molar refractivity (Wildman–Crippen MR) is 282 cm³/mol. The number of hydrogen-bond acceptors (Lipinski definition) is 14. The first-order valence-electron chi connectivity index (χ1n) is 21.2. The number of alkyl halides is 3. The van der Waals surface area contributed by atoms with Crippen LogP contribution in [0.3, 0.4) is 0 Å². The number of nitrogens with zero attached hydrogens (tertiary/aromatic N) is 11. The third-order valence-electron chi connectivity index (χ3n) is 9.52. The van der Waals surface area contributed by atoms with Crippen LogP contribution in [0.15, 0.2) is 131 Å². The summed E-state index contributed by atoms with van der Waals surface area (Å²) in [6, 6.07) is 15.9.